The molecule has 0 fully saturated rings. The minimum absolute atomic E-state index is 0.139. The van der Waals surface area contributed by atoms with Gasteiger partial charge in [0.25, 0.3) is 5.91 Å². The van der Waals surface area contributed by atoms with Crippen LogP contribution in [-0.2, 0) is 6.54 Å². The Kier molecular flexibility index (Phi) is 7.30. The number of hydrogen-bond donors (Lipinski definition) is 1. The molecule has 3 rings (SSSR count). The van der Waals surface area contributed by atoms with Crippen molar-refractivity contribution >= 4 is 17.2 Å². The number of hydrogen-bond acceptors (Lipinski definition) is 6. The molecule has 7 heteroatoms. The number of aromatic nitrogens is 1. The molecule has 31 heavy (non-hydrogen) atoms. The average Bonchev–Trinajstić information content (AvgIpc) is 3.13. The molecular weight excluding hydrogens is 412 g/mol. The van der Waals surface area contributed by atoms with Gasteiger partial charge in [-0.1, -0.05) is 23.8 Å². The molecule has 0 unspecified atom stereocenters. The quantitative estimate of drug-likeness (QED) is 0.563. The summed E-state index contributed by atoms with van der Waals surface area (Å²) >= 11 is 1.38. The van der Waals surface area contributed by atoms with Crippen molar-refractivity contribution in [3.63, 3.8) is 0 Å². The molecule has 164 valence electrons. The van der Waals surface area contributed by atoms with Gasteiger partial charge < -0.3 is 19.5 Å². The molecule has 0 spiro atoms. The van der Waals surface area contributed by atoms with E-state index in [4.69, 9.17) is 9.47 Å². The predicted octanol–water partition coefficient (Wildman–Crippen LogP) is 4.39. The molecule has 3 aromatic rings. The van der Waals surface area contributed by atoms with Gasteiger partial charge in [0.15, 0.2) is 0 Å². The molecule has 0 aliphatic heterocycles. The fraction of sp³-hybridized carbons (Fsp3) is 0.333. The third kappa shape index (κ3) is 5.06. The van der Waals surface area contributed by atoms with Gasteiger partial charge in [-0.15, -0.1) is 11.3 Å². The molecule has 0 saturated carbocycles. The molecule has 0 aliphatic carbocycles. The first-order valence-electron chi connectivity index (χ1n) is 10.0. The van der Waals surface area contributed by atoms with E-state index in [9.17, 15) is 9.90 Å². The van der Waals surface area contributed by atoms with E-state index in [1.807, 2.05) is 44.2 Å². The summed E-state index contributed by atoms with van der Waals surface area (Å²) in [7, 11) is 3.19. The number of benzene rings is 2. The Hall–Kier alpha value is -2.90. The van der Waals surface area contributed by atoms with Crippen LogP contribution in [0.4, 0.5) is 0 Å². The van der Waals surface area contributed by atoms with E-state index in [0.29, 0.717) is 22.1 Å². The highest BCUT2D eigenvalue weighted by Gasteiger charge is 2.23. The van der Waals surface area contributed by atoms with Crippen LogP contribution in [0.3, 0.4) is 0 Å². The van der Waals surface area contributed by atoms with Crippen LogP contribution in [0.25, 0.3) is 10.6 Å². The largest absolute Gasteiger partial charge is 0.497 e. The number of ether oxygens (including phenoxy) is 2. The van der Waals surface area contributed by atoms with Crippen LogP contribution in [0.15, 0.2) is 36.4 Å². The summed E-state index contributed by atoms with van der Waals surface area (Å²) < 4.78 is 10.8. The van der Waals surface area contributed by atoms with Crippen LogP contribution in [-0.4, -0.2) is 48.3 Å². The molecule has 0 radical (unpaired) electrons. The highest BCUT2D eigenvalue weighted by atomic mass is 32.1. The molecule has 2 aromatic carbocycles. The Morgan fingerprint density at radius 3 is 2.52 bits per heavy atom. The van der Waals surface area contributed by atoms with E-state index in [1.54, 1.807) is 19.1 Å². The van der Waals surface area contributed by atoms with Crippen LogP contribution in [0.5, 0.6) is 11.5 Å². The third-order valence-corrected chi connectivity index (χ3v) is 6.29. The van der Waals surface area contributed by atoms with Gasteiger partial charge in [0.1, 0.15) is 21.4 Å². The molecule has 0 aliphatic rings. The Morgan fingerprint density at radius 2 is 1.87 bits per heavy atom. The number of methoxy groups -OCH3 is 2. The summed E-state index contributed by atoms with van der Waals surface area (Å²) in [6.45, 7) is 6.30. The number of thiazole rings is 1. The van der Waals surface area contributed by atoms with E-state index in [2.05, 4.69) is 18.0 Å². The molecule has 1 heterocycles. The van der Waals surface area contributed by atoms with Gasteiger partial charge >= 0.3 is 0 Å². The molecular formula is C24H28N2O4S. The first-order chi connectivity index (χ1) is 14.9. The normalized spacial score (nSPS) is 10.8. The van der Waals surface area contributed by atoms with Crippen molar-refractivity contribution < 1.29 is 19.4 Å². The van der Waals surface area contributed by atoms with Gasteiger partial charge in [0.05, 0.1) is 26.5 Å². The summed E-state index contributed by atoms with van der Waals surface area (Å²) in [6, 6.07) is 11.7. The SMILES string of the molecule is COc1ccc(OC)c(CN(CCO)C(=O)c2sc(-c3ccc(C)cc3C)nc2C)c1. The highest BCUT2D eigenvalue weighted by molar-refractivity contribution is 7.17. The number of carbonyl (C=O) groups excluding carboxylic acids is 1. The second-order valence-corrected chi connectivity index (χ2v) is 8.38. The van der Waals surface area contributed by atoms with Crippen molar-refractivity contribution in [2.45, 2.75) is 27.3 Å². The predicted molar refractivity (Wildman–Crippen MR) is 123 cm³/mol. The summed E-state index contributed by atoms with van der Waals surface area (Å²) in [5.41, 5.74) is 4.83. The Morgan fingerprint density at radius 1 is 1.10 bits per heavy atom. The Balaban J connectivity index is 1.93. The molecule has 0 saturated heterocycles. The monoisotopic (exact) mass is 440 g/mol. The molecule has 1 amide bonds. The number of amides is 1. The Bertz CT molecular complexity index is 1080. The van der Waals surface area contributed by atoms with Crippen molar-refractivity contribution in [3.05, 3.63) is 63.7 Å². The van der Waals surface area contributed by atoms with Gasteiger partial charge in [0, 0.05) is 24.2 Å². The summed E-state index contributed by atoms with van der Waals surface area (Å²) in [5, 5.41) is 10.4. The third-order valence-electron chi connectivity index (χ3n) is 5.11. The zero-order chi connectivity index (χ0) is 22.5. The van der Waals surface area contributed by atoms with Crippen molar-refractivity contribution in [1.82, 2.24) is 9.88 Å². The second-order valence-electron chi connectivity index (χ2n) is 7.38. The standard InChI is InChI=1S/C24H28N2O4S/c1-15-6-8-20(16(2)12-15)23-25-17(3)22(31-23)24(28)26(10-11-27)14-18-13-19(29-4)7-9-21(18)30-5/h6-9,12-13,27H,10-11,14H2,1-5H3. The molecule has 1 N–H and O–H groups in total. The van der Waals surface area contributed by atoms with E-state index in [1.165, 1.54) is 16.9 Å². The van der Waals surface area contributed by atoms with Crippen molar-refractivity contribution in [3.8, 4) is 22.1 Å². The van der Waals surface area contributed by atoms with E-state index in [0.717, 1.165) is 21.7 Å². The lowest BCUT2D eigenvalue weighted by Gasteiger charge is -2.23. The van der Waals surface area contributed by atoms with E-state index < -0.39 is 0 Å². The van der Waals surface area contributed by atoms with Crippen LogP contribution < -0.4 is 9.47 Å². The van der Waals surface area contributed by atoms with Crippen molar-refractivity contribution in [2.75, 3.05) is 27.4 Å². The smallest absolute Gasteiger partial charge is 0.266 e. The van der Waals surface area contributed by atoms with E-state index in [-0.39, 0.29) is 25.6 Å². The van der Waals surface area contributed by atoms with Crippen LogP contribution in [0.1, 0.15) is 32.1 Å². The summed E-state index contributed by atoms with van der Waals surface area (Å²) in [5.74, 6) is 1.18. The van der Waals surface area contributed by atoms with Gasteiger partial charge in [-0.2, -0.15) is 0 Å². The summed E-state index contributed by atoms with van der Waals surface area (Å²) in [6.07, 6.45) is 0. The molecule has 1 aromatic heterocycles. The number of aryl methyl sites for hydroxylation is 3. The number of carbonyl (C=O) groups is 1. The number of nitrogens with zero attached hydrogens (tertiary/aromatic N) is 2. The van der Waals surface area contributed by atoms with Crippen LogP contribution in [0.2, 0.25) is 0 Å². The maximum absolute atomic E-state index is 13.4. The lowest BCUT2D eigenvalue weighted by Crippen LogP contribution is -2.33. The van der Waals surface area contributed by atoms with Crippen LogP contribution >= 0.6 is 11.3 Å². The summed E-state index contributed by atoms with van der Waals surface area (Å²) in [4.78, 5) is 20.3. The van der Waals surface area contributed by atoms with Gasteiger partial charge in [-0.25, -0.2) is 4.98 Å². The Labute approximate surface area is 187 Å². The van der Waals surface area contributed by atoms with Crippen molar-refractivity contribution in [1.29, 1.82) is 0 Å². The minimum atomic E-state index is -0.162. The maximum atomic E-state index is 13.4. The second kappa shape index (κ2) is 9.94. The maximum Gasteiger partial charge on any atom is 0.266 e. The van der Waals surface area contributed by atoms with Crippen molar-refractivity contribution in [2.24, 2.45) is 0 Å². The molecule has 0 bridgehead atoms. The number of aliphatic hydroxyl groups excluding tert-OH is 1. The van der Waals surface area contributed by atoms with E-state index >= 15 is 0 Å². The average molecular weight is 441 g/mol. The van der Waals surface area contributed by atoms with Gasteiger partial charge in [0.2, 0.25) is 0 Å². The fourth-order valence-corrected chi connectivity index (χ4v) is 4.62. The van der Waals surface area contributed by atoms with Gasteiger partial charge in [-0.05, 0) is 44.5 Å². The zero-order valence-electron chi connectivity index (χ0n) is 18.6. The minimum Gasteiger partial charge on any atom is -0.497 e. The first-order valence-corrected chi connectivity index (χ1v) is 10.9. The lowest BCUT2D eigenvalue weighted by atomic mass is 10.1. The number of aliphatic hydroxyl groups is 1. The fourth-order valence-electron chi connectivity index (χ4n) is 3.49. The lowest BCUT2D eigenvalue weighted by molar-refractivity contribution is 0.0710. The van der Waals surface area contributed by atoms with Gasteiger partial charge in [-0.3, -0.25) is 4.79 Å². The number of rotatable bonds is 8. The first kappa shape index (κ1) is 22.8. The van der Waals surface area contributed by atoms with Crippen LogP contribution in [0, 0.1) is 20.8 Å². The topological polar surface area (TPSA) is 71.9 Å². The molecule has 0 atom stereocenters. The highest BCUT2D eigenvalue weighted by Crippen LogP contribution is 2.32. The molecule has 6 nitrogen and oxygen atoms in total. The zero-order valence-corrected chi connectivity index (χ0v) is 19.4.